The topological polar surface area (TPSA) is 21.3 Å². The van der Waals surface area contributed by atoms with Crippen LogP contribution in [0.3, 0.4) is 0 Å². The number of benzene rings is 2. The minimum Gasteiger partial charge on any atom is -0.496 e. The van der Waals surface area contributed by atoms with E-state index in [2.05, 4.69) is 28.2 Å². The van der Waals surface area contributed by atoms with E-state index in [1.165, 1.54) is 6.07 Å². The number of anilines is 1. The number of ether oxygens (including phenoxy) is 1. The maximum absolute atomic E-state index is 13.2. The first-order chi connectivity index (χ1) is 9.51. The van der Waals surface area contributed by atoms with E-state index in [0.29, 0.717) is 5.56 Å². The molecule has 20 heavy (non-hydrogen) atoms. The van der Waals surface area contributed by atoms with Gasteiger partial charge < -0.3 is 10.1 Å². The zero-order valence-electron chi connectivity index (χ0n) is 11.7. The fraction of sp³-hybridized carbons (Fsp3) is 0.250. The SMILES string of the molecule is COc1ccc(C(C)Nc2ccc(F)c(C)c2)cc1Br. The molecule has 106 valence electrons. The van der Waals surface area contributed by atoms with Crippen LogP contribution in [-0.4, -0.2) is 7.11 Å². The summed E-state index contributed by atoms with van der Waals surface area (Å²) in [6, 6.07) is 11.1. The molecule has 0 aliphatic carbocycles. The van der Waals surface area contributed by atoms with Gasteiger partial charge >= 0.3 is 0 Å². The van der Waals surface area contributed by atoms with Gasteiger partial charge in [-0.05, 0) is 71.2 Å². The predicted octanol–water partition coefficient (Wildman–Crippen LogP) is 5.08. The molecule has 2 rings (SSSR count). The molecular formula is C16H17BrFNO. The standard InChI is InChI=1S/C16H17BrFNO/c1-10-8-13(5-6-15(10)18)19-11(2)12-4-7-16(20-3)14(17)9-12/h4-9,11,19H,1-3H3. The lowest BCUT2D eigenvalue weighted by molar-refractivity contribution is 0.412. The number of hydrogen-bond acceptors (Lipinski definition) is 2. The van der Waals surface area contributed by atoms with Gasteiger partial charge in [0.15, 0.2) is 0 Å². The van der Waals surface area contributed by atoms with Crippen LogP contribution >= 0.6 is 15.9 Å². The number of hydrogen-bond donors (Lipinski definition) is 1. The second kappa shape index (κ2) is 6.27. The molecule has 2 aromatic rings. The van der Waals surface area contributed by atoms with Crippen LogP contribution < -0.4 is 10.1 Å². The summed E-state index contributed by atoms with van der Waals surface area (Å²) in [5.41, 5.74) is 2.67. The zero-order chi connectivity index (χ0) is 14.7. The van der Waals surface area contributed by atoms with Crippen molar-refractivity contribution in [3.8, 4) is 5.75 Å². The quantitative estimate of drug-likeness (QED) is 0.840. The van der Waals surface area contributed by atoms with Crippen molar-refractivity contribution in [3.63, 3.8) is 0 Å². The third kappa shape index (κ3) is 3.31. The predicted molar refractivity (Wildman–Crippen MR) is 83.9 cm³/mol. The van der Waals surface area contributed by atoms with Crippen LogP contribution in [-0.2, 0) is 0 Å². The minimum atomic E-state index is -0.185. The Kier molecular flexibility index (Phi) is 4.65. The van der Waals surface area contributed by atoms with Gasteiger partial charge in [-0.15, -0.1) is 0 Å². The molecule has 4 heteroatoms. The van der Waals surface area contributed by atoms with Gasteiger partial charge in [0.05, 0.1) is 11.6 Å². The van der Waals surface area contributed by atoms with Gasteiger partial charge in [-0.1, -0.05) is 6.07 Å². The van der Waals surface area contributed by atoms with Crippen molar-refractivity contribution in [1.82, 2.24) is 0 Å². The van der Waals surface area contributed by atoms with Crippen molar-refractivity contribution >= 4 is 21.6 Å². The first kappa shape index (κ1) is 14.9. The van der Waals surface area contributed by atoms with E-state index in [9.17, 15) is 4.39 Å². The van der Waals surface area contributed by atoms with Crippen LogP contribution in [0.2, 0.25) is 0 Å². The second-order valence-electron chi connectivity index (χ2n) is 4.72. The van der Waals surface area contributed by atoms with Crippen molar-refractivity contribution in [2.24, 2.45) is 0 Å². The molecule has 0 amide bonds. The lowest BCUT2D eigenvalue weighted by atomic mass is 10.1. The Morgan fingerprint density at radius 3 is 2.55 bits per heavy atom. The van der Waals surface area contributed by atoms with Crippen molar-refractivity contribution in [2.75, 3.05) is 12.4 Å². The summed E-state index contributed by atoms with van der Waals surface area (Å²) in [4.78, 5) is 0. The molecule has 0 fully saturated rings. The smallest absolute Gasteiger partial charge is 0.133 e. The Morgan fingerprint density at radius 2 is 1.95 bits per heavy atom. The Balaban J connectivity index is 2.17. The number of aryl methyl sites for hydroxylation is 1. The normalized spacial score (nSPS) is 12.1. The van der Waals surface area contributed by atoms with E-state index < -0.39 is 0 Å². The Morgan fingerprint density at radius 1 is 1.20 bits per heavy atom. The van der Waals surface area contributed by atoms with Gasteiger partial charge in [-0.2, -0.15) is 0 Å². The number of rotatable bonds is 4. The highest BCUT2D eigenvalue weighted by atomic mass is 79.9. The van der Waals surface area contributed by atoms with Gasteiger partial charge in [-0.25, -0.2) is 4.39 Å². The fourth-order valence-corrected chi connectivity index (χ4v) is 2.58. The summed E-state index contributed by atoms with van der Waals surface area (Å²) in [5.74, 6) is 0.619. The molecule has 2 nitrogen and oxygen atoms in total. The maximum atomic E-state index is 13.2. The largest absolute Gasteiger partial charge is 0.496 e. The number of nitrogens with one attached hydrogen (secondary N) is 1. The van der Waals surface area contributed by atoms with Crippen molar-refractivity contribution in [2.45, 2.75) is 19.9 Å². The Bertz CT molecular complexity index is 615. The molecule has 0 heterocycles. The van der Waals surface area contributed by atoms with Gasteiger partial charge in [0.2, 0.25) is 0 Å². The van der Waals surface area contributed by atoms with E-state index >= 15 is 0 Å². The molecule has 0 radical (unpaired) electrons. The average molecular weight is 338 g/mol. The molecule has 1 N–H and O–H groups in total. The highest BCUT2D eigenvalue weighted by Crippen LogP contribution is 2.29. The van der Waals surface area contributed by atoms with Crippen LogP contribution in [0.5, 0.6) is 5.75 Å². The van der Waals surface area contributed by atoms with Crippen LogP contribution in [0.15, 0.2) is 40.9 Å². The van der Waals surface area contributed by atoms with Crippen molar-refractivity contribution in [3.05, 3.63) is 57.8 Å². The number of halogens is 2. The molecule has 0 saturated heterocycles. The molecule has 0 aliphatic heterocycles. The third-order valence-corrected chi connectivity index (χ3v) is 3.84. The van der Waals surface area contributed by atoms with Crippen molar-refractivity contribution < 1.29 is 9.13 Å². The average Bonchev–Trinajstić information content (AvgIpc) is 2.42. The maximum Gasteiger partial charge on any atom is 0.133 e. The van der Waals surface area contributed by atoms with Crippen molar-refractivity contribution in [1.29, 1.82) is 0 Å². The number of methoxy groups -OCH3 is 1. The summed E-state index contributed by atoms with van der Waals surface area (Å²) in [5, 5.41) is 3.36. The minimum absolute atomic E-state index is 0.113. The summed E-state index contributed by atoms with van der Waals surface area (Å²) >= 11 is 3.48. The molecule has 0 spiro atoms. The monoisotopic (exact) mass is 337 g/mol. The van der Waals surface area contributed by atoms with Gasteiger partial charge in [-0.3, -0.25) is 0 Å². The molecule has 0 saturated carbocycles. The summed E-state index contributed by atoms with van der Waals surface area (Å²) in [7, 11) is 1.64. The van der Waals surface area contributed by atoms with E-state index in [1.54, 1.807) is 20.1 Å². The van der Waals surface area contributed by atoms with Crippen LogP contribution in [0.4, 0.5) is 10.1 Å². The van der Waals surface area contributed by atoms with Crippen LogP contribution in [0.25, 0.3) is 0 Å². The highest BCUT2D eigenvalue weighted by Gasteiger charge is 2.09. The molecule has 1 atom stereocenters. The van der Waals surface area contributed by atoms with Crippen LogP contribution in [0.1, 0.15) is 24.1 Å². The lowest BCUT2D eigenvalue weighted by Crippen LogP contribution is -2.07. The first-order valence-electron chi connectivity index (χ1n) is 6.37. The van der Waals surface area contributed by atoms with E-state index in [0.717, 1.165) is 21.5 Å². The molecule has 0 aliphatic rings. The Hall–Kier alpha value is -1.55. The zero-order valence-corrected chi connectivity index (χ0v) is 13.3. The van der Waals surface area contributed by atoms with E-state index in [1.807, 2.05) is 24.3 Å². The van der Waals surface area contributed by atoms with Gasteiger partial charge in [0.1, 0.15) is 11.6 Å². The Labute approximate surface area is 127 Å². The highest BCUT2D eigenvalue weighted by molar-refractivity contribution is 9.10. The molecular weight excluding hydrogens is 321 g/mol. The molecule has 0 aromatic heterocycles. The fourth-order valence-electron chi connectivity index (χ4n) is 2.02. The first-order valence-corrected chi connectivity index (χ1v) is 7.16. The van der Waals surface area contributed by atoms with Gasteiger partial charge in [0.25, 0.3) is 0 Å². The lowest BCUT2D eigenvalue weighted by Gasteiger charge is -2.17. The molecule has 2 aromatic carbocycles. The summed E-state index contributed by atoms with van der Waals surface area (Å²) in [6.45, 7) is 3.82. The molecule has 0 bridgehead atoms. The van der Waals surface area contributed by atoms with Gasteiger partial charge in [0, 0.05) is 11.7 Å². The summed E-state index contributed by atoms with van der Waals surface area (Å²) < 4.78 is 19.4. The van der Waals surface area contributed by atoms with E-state index in [4.69, 9.17) is 4.74 Å². The third-order valence-electron chi connectivity index (χ3n) is 3.22. The summed E-state index contributed by atoms with van der Waals surface area (Å²) in [6.07, 6.45) is 0. The second-order valence-corrected chi connectivity index (χ2v) is 5.58. The van der Waals surface area contributed by atoms with Crippen LogP contribution in [0, 0.1) is 12.7 Å². The van der Waals surface area contributed by atoms with E-state index in [-0.39, 0.29) is 11.9 Å². The molecule has 1 unspecified atom stereocenters.